The summed E-state index contributed by atoms with van der Waals surface area (Å²) < 4.78 is 34.2. The Morgan fingerprint density at radius 3 is 2.50 bits per heavy atom. The van der Waals surface area contributed by atoms with E-state index in [-0.39, 0.29) is 12.6 Å². The van der Waals surface area contributed by atoms with E-state index >= 15 is 0 Å². The molecule has 1 aliphatic heterocycles. The summed E-state index contributed by atoms with van der Waals surface area (Å²) in [6.45, 7) is 1.18. The predicted molar refractivity (Wildman–Crippen MR) is 107 cm³/mol. The van der Waals surface area contributed by atoms with Gasteiger partial charge in [0.2, 0.25) is 10.0 Å². The minimum atomic E-state index is -3.45. The van der Waals surface area contributed by atoms with E-state index in [1.807, 2.05) is 54.6 Å². The predicted octanol–water partition coefficient (Wildman–Crippen LogP) is 2.88. The SMILES string of the molecule is CN1OC[C@H](S(=O)(=O)NCC2CC2)[C@H]1c1ccc(OCc2ccccc2)cc1. The third-order valence-corrected chi connectivity index (χ3v) is 7.09. The van der Waals surface area contributed by atoms with Gasteiger partial charge < -0.3 is 4.74 Å². The maximum Gasteiger partial charge on any atom is 0.218 e. The Morgan fingerprint density at radius 1 is 1.11 bits per heavy atom. The van der Waals surface area contributed by atoms with Gasteiger partial charge in [0.1, 0.15) is 17.6 Å². The second kappa shape index (κ2) is 8.21. The van der Waals surface area contributed by atoms with Crippen LogP contribution in [0.25, 0.3) is 0 Å². The molecule has 6 nitrogen and oxygen atoms in total. The molecule has 7 heteroatoms. The molecular weight excluding hydrogens is 376 g/mol. The fourth-order valence-corrected chi connectivity index (χ4v) is 5.04. The fourth-order valence-electron chi connectivity index (χ4n) is 3.45. The molecular formula is C21H26N2O4S. The first-order valence-electron chi connectivity index (χ1n) is 9.64. The minimum absolute atomic E-state index is 0.160. The number of sulfonamides is 1. The van der Waals surface area contributed by atoms with Gasteiger partial charge in [0.15, 0.2) is 0 Å². The summed E-state index contributed by atoms with van der Waals surface area (Å²) in [5.74, 6) is 1.25. The van der Waals surface area contributed by atoms with Crippen molar-refractivity contribution in [3.8, 4) is 5.75 Å². The summed E-state index contributed by atoms with van der Waals surface area (Å²) in [6, 6.07) is 17.2. The minimum Gasteiger partial charge on any atom is -0.489 e. The van der Waals surface area contributed by atoms with Gasteiger partial charge in [0.25, 0.3) is 0 Å². The first-order chi connectivity index (χ1) is 13.5. The first-order valence-corrected chi connectivity index (χ1v) is 11.2. The summed E-state index contributed by atoms with van der Waals surface area (Å²) in [7, 11) is -1.67. The smallest absolute Gasteiger partial charge is 0.218 e. The largest absolute Gasteiger partial charge is 0.489 e. The van der Waals surface area contributed by atoms with Crippen LogP contribution in [0.1, 0.15) is 30.0 Å². The van der Waals surface area contributed by atoms with E-state index in [0.29, 0.717) is 19.1 Å². The molecule has 0 bridgehead atoms. The summed E-state index contributed by atoms with van der Waals surface area (Å²) in [4.78, 5) is 5.56. The van der Waals surface area contributed by atoms with Crippen LogP contribution in [0.2, 0.25) is 0 Å². The monoisotopic (exact) mass is 402 g/mol. The van der Waals surface area contributed by atoms with E-state index in [0.717, 1.165) is 29.7 Å². The average Bonchev–Trinajstić information content (AvgIpc) is 3.46. The maximum atomic E-state index is 12.8. The molecule has 28 heavy (non-hydrogen) atoms. The Bertz CT molecular complexity index is 882. The Morgan fingerprint density at radius 2 is 1.82 bits per heavy atom. The van der Waals surface area contributed by atoms with Crippen LogP contribution in [0.15, 0.2) is 54.6 Å². The summed E-state index contributed by atoms with van der Waals surface area (Å²) in [6.07, 6.45) is 2.22. The molecule has 0 aromatic heterocycles. The second-order valence-electron chi connectivity index (χ2n) is 7.51. The van der Waals surface area contributed by atoms with E-state index in [1.165, 1.54) is 0 Å². The van der Waals surface area contributed by atoms with Crippen LogP contribution >= 0.6 is 0 Å². The van der Waals surface area contributed by atoms with Gasteiger partial charge >= 0.3 is 0 Å². The molecule has 1 aliphatic carbocycles. The number of hydrogen-bond donors (Lipinski definition) is 1. The summed E-state index contributed by atoms with van der Waals surface area (Å²) in [5.41, 5.74) is 2.00. The van der Waals surface area contributed by atoms with Gasteiger partial charge in [-0.1, -0.05) is 42.5 Å². The van der Waals surface area contributed by atoms with Gasteiger partial charge in [-0.05, 0) is 42.0 Å². The molecule has 2 aliphatic rings. The van der Waals surface area contributed by atoms with Crippen LogP contribution in [-0.2, 0) is 21.5 Å². The molecule has 0 spiro atoms. The molecule has 0 amide bonds. The molecule has 1 N–H and O–H groups in total. The highest BCUT2D eigenvalue weighted by atomic mass is 32.2. The summed E-state index contributed by atoms with van der Waals surface area (Å²) >= 11 is 0. The number of rotatable bonds is 8. The maximum absolute atomic E-state index is 12.8. The van der Waals surface area contributed by atoms with Crippen LogP contribution < -0.4 is 9.46 Å². The first kappa shape index (κ1) is 19.4. The zero-order chi connectivity index (χ0) is 19.6. The number of hydroxylamine groups is 2. The van der Waals surface area contributed by atoms with Crippen LogP contribution in [0, 0.1) is 5.92 Å². The van der Waals surface area contributed by atoms with Crippen molar-refractivity contribution in [3.05, 3.63) is 65.7 Å². The van der Waals surface area contributed by atoms with Crippen LogP contribution in [0.3, 0.4) is 0 Å². The highest BCUT2D eigenvalue weighted by molar-refractivity contribution is 7.90. The van der Waals surface area contributed by atoms with Crippen molar-refractivity contribution in [1.82, 2.24) is 9.79 Å². The van der Waals surface area contributed by atoms with Crippen LogP contribution in [0.5, 0.6) is 5.75 Å². The zero-order valence-electron chi connectivity index (χ0n) is 16.0. The topological polar surface area (TPSA) is 67.9 Å². The van der Waals surface area contributed by atoms with E-state index in [9.17, 15) is 8.42 Å². The van der Waals surface area contributed by atoms with Gasteiger partial charge in [-0.2, -0.15) is 5.06 Å². The highest BCUT2D eigenvalue weighted by Gasteiger charge is 2.43. The number of hydrogen-bond acceptors (Lipinski definition) is 5. The van der Waals surface area contributed by atoms with Gasteiger partial charge in [0.05, 0.1) is 12.6 Å². The summed E-state index contributed by atoms with van der Waals surface area (Å²) in [5, 5.41) is 1.01. The number of benzene rings is 2. The molecule has 2 fully saturated rings. The van der Waals surface area contributed by atoms with Crippen molar-refractivity contribution < 1.29 is 18.0 Å². The quantitative estimate of drug-likeness (QED) is 0.735. The Labute approximate surface area is 166 Å². The molecule has 150 valence electrons. The van der Waals surface area contributed by atoms with Crippen molar-refractivity contribution in [2.45, 2.75) is 30.7 Å². The lowest BCUT2D eigenvalue weighted by Gasteiger charge is -2.23. The van der Waals surface area contributed by atoms with Gasteiger partial charge in [0, 0.05) is 13.6 Å². The van der Waals surface area contributed by atoms with Crippen LogP contribution in [-0.4, -0.2) is 38.9 Å². The molecule has 0 radical (unpaired) electrons. The highest BCUT2D eigenvalue weighted by Crippen LogP contribution is 2.35. The lowest BCUT2D eigenvalue weighted by atomic mass is 10.0. The molecule has 1 saturated heterocycles. The zero-order valence-corrected chi connectivity index (χ0v) is 16.8. The Kier molecular flexibility index (Phi) is 5.68. The lowest BCUT2D eigenvalue weighted by molar-refractivity contribution is -0.110. The van der Waals surface area contributed by atoms with Crippen molar-refractivity contribution in [2.24, 2.45) is 5.92 Å². The molecule has 1 heterocycles. The molecule has 4 rings (SSSR count). The van der Waals surface area contributed by atoms with E-state index in [1.54, 1.807) is 12.1 Å². The third-order valence-electron chi connectivity index (χ3n) is 5.32. The van der Waals surface area contributed by atoms with Gasteiger partial charge in [-0.15, -0.1) is 0 Å². The van der Waals surface area contributed by atoms with Crippen molar-refractivity contribution in [1.29, 1.82) is 0 Å². The van der Waals surface area contributed by atoms with Gasteiger partial charge in [-0.3, -0.25) is 4.84 Å². The average molecular weight is 403 g/mol. The van der Waals surface area contributed by atoms with Crippen molar-refractivity contribution in [2.75, 3.05) is 20.2 Å². The molecule has 2 aromatic carbocycles. The fraction of sp³-hybridized carbons (Fsp3) is 0.429. The molecule has 0 unspecified atom stereocenters. The van der Waals surface area contributed by atoms with E-state index in [4.69, 9.17) is 9.57 Å². The van der Waals surface area contributed by atoms with Crippen molar-refractivity contribution >= 4 is 10.0 Å². The lowest BCUT2D eigenvalue weighted by Crippen LogP contribution is -2.40. The van der Waals surface area contributed by atoms with Crippen LogP contribution in [0.4, 0.5) is 0 Å². The molecule has 1 saturated carbocycles. The van der Waals surface area contributed by atoms with Crippen molar-refractivity contribution in [3.63, 3.8) is 0 Å². The normalized spacial score (nSPS) is 23.0. The number of ether oxygens (including phenoxy) is 1. The van der Waals surface area contributed by atoms with E-state index < -0.39 is 15.3 Å². The number of nitrogens with zero attached hydrogens (tertiary/aromatic N) is 1. The third kappa shape index (κ3) is 4.55. The Hall–Kier alpha value is -1.93. The van der Waals surface area contributed by atoms with Gasteiger partial charge in [-0.25, -0.2) is 13.1 Å². The number of nitrogens with one attached hydrogen (secondary N) is 1. The van der Waals surface area contributed by atoms with E-state index in [2.05, 4.69) is 4.72 Å². The molecule has 2 atom stereocenters. The standard InChI is InChI=1S/C21H26N2O4S/c1-23-21(20(15-27-23)28(24,25)22-13-16-7-8-16)18-9-11-19(12-10-18)26-14-17-5-3-2-4-6-17/h2-6,9-12,16,20-22H,7-8,13-15H2,1H3/t20-,21+/m0/s1. The Balaban J connectivity index is 1.43. The second-order valence-corrected chi connectivity index (χ2v) is 9.49. The molecule has 2 aromatic rings.